The second-order valence-corrected chi connectivity index (χ2v) is 6.38. The van der Waals surface area contributed by atoms with Gasteiger partial charge in [0, 0.05) is 32.9 Å². The fraction of sp³-hybridized carbons (Fsp3) is 0.211. The SMILES string of the molecule is CC(=O)c1ccc2[nH]c3ccc4c(c3c2c1)C=CC(C)(C)O4. The van der Waals surface area contributed by atoms with E-state index in [2.05, 4.69) is 17.1 Å². The van der Waals surface area contributed by atoms with Gasteiger partial charge in [0.1, 0.15) is 11.4 Å². The van der Waals surface area contributed by atoms with Crippen LogP contribution in [0.1, 0.15) is 36.7 Å². The first-order chi connectivity index (χ1) is 10.4. The highest BCUT2D eigenvalue weighted by Crippen LogP contribution is 2.39. The van der Waals surface area contributed by atoms with Gasteiger partial charge in [-0.25, -0.2) is 0 Å². The monoisotopic (exact) mass is 291 g/mol. The van der Waals surface area contributed by atoms with Crippen LogP contribution in [0.4, 0.5) is 0 Å². The van der Waals surface area contributed by atoms with Gasteiger partial charge in [0.05, 0.1) is 0 Å². The molecule has 0 radical (unpaired) electrons. The summed E-state index contributed by atoms with van der Waals surface area (Å²) in [5, 5.41) is 2.18. The van der Waals surface area contributed by atoms with Crippen molar-refractivity contribution in [3.05, 3.63) is 47.5 Å². The van der Waals surface area contributed by atoms with Crippen LogP contribution in [0.2, 0.25) is 0 Å². The second-order valence-electron chi connectivity index (χ2n) is 6.38. The van der Waals surface area contributed by atoms with Gasteiger partial charge in [-0.2, -0.15) is 0 Å². The number of aromatic nitrogens is 1. The highest BCUT2D eigenvalue weighted by Gasteiger charge is 2.24. The predicted octanol–water partition coefficient (Wildman–Crippen LogP) is 4.71. The van der Waals surface area contributed by atoms with Crippen molar-refractivity contribution in [1.82, 2.24) is 4.98 Å². The minimum absolute atomic E-state index is 0.0778. The summed E-state index contributed by atoms with van der Waals surface area (Å²) in [7, 11) is 0. The number of nitrogens with one attached hydrogen (secondary N) is 1. The number of H-pyrrole nitrogens is 1. The fourth-order valence-corrected chi connectivity index (χ4v) is 3.07. The lowest BCUT2D eigenvalue weighted by molar-refractivity contribution is 0.101. The Morgan fingerprint density at radius 3 is 2.68 bits per heavy atom. The van der Waals surface area contributed by atoms with E-state index in [1.54, 1.807) is 6.92 Å². The molecular formula is C19H17NO2. The van der Waals surface area contributed by atoms with Gasteiger partial charge in [0.25, 0.3) is 0 Å². The Bertz CT molecular complexity index is 960. The molecule has 4 rings (SSSR count). The van der Waals surface area contributed by atoms with Gasteiger partial charge in [-0.15, -0.1) is 0 Å². The maximum Gasteiger partial charge on any atom is 0.159 e. The number of hydrogen-bond acceptors (Lipinski definition) is 2. The minimum atomic E-state index is -0.294. The molecule has 0 unspecified atom stereocenters. The number of hydrogen-bond donors (Lipinski definition) is 1. The molecule has 2 heterocycles. The number of carbonyl (C=O) groups excluding carboxylic acids is 1. The third-order valence-electron chi connectivity index (χ3n) is 4.19. The minimum Gasteiger partial charge on any atom is -0.483 e. The summed E-state index contributed by atoms with van der Waals surface area (Å²) in [6.45, 7) is 5.68. The van der Waals surface area contributed by atoms with E-state index in [0.717, 1.165) is 38.7 Å². The fourth-order valence-electron chi connectivity index (χ4n) is 3.07. The Labute approximate surface area is 128 Å². The molecule has 1 aliphatic rings. The van der Waals surface area contributed by atoms with E-state index in [1.165, 1.54) is 0 Å². The van der Waals surface area contributed by atoms with Crippen molar-refractivity contribution in [3.63, 3.8) is 0 Å². The van der Waals surface area contributed by atoms with Crippen LogP contribution in [0, 0.1) is 0 Å². The number of Topliss-reactive ketones (excluding diaryl/α,β-unsaturated/α-hetero) is 1. The Hall–Kier alpha value is -2.55. The molecule has 2 aromatic carbocycles. The Balaban J connectivity index is 2.08. The zero-order valence-electron chi connectivity index (χ0n) is 12.9. The molecule has 0 fully saturated rings. The maximum absolute atomic E-state index is 11.7. The Morgan fingerprint density at radius 1 is 1.14 bits per heavy atom. The quantitative estimate of drug-likeness (QED) is 0.660. The van der Waals surface area contributed by atoms with E-state index in [1.807, 2.05) is 44.2 Å². The summed E-state index contributed by atoms with van der Waals surface area (Å²) in [4.78, 5) is 15.1. The molecule has 1 aromatic heterocycles. The molecule has 22 heavy (non-hydrogen) atoms. The molecule has 3 heteroatoms. The number of ketones is 1. The summed E-state index contributed by atoms with van der Waals surface area (Å²) < 4.78 is 6.06. The predicted molar refractivity (Wildman–Crippen MR) is 89.6 cm³/mol. The van der Waals surface area contributed by atoms with E-state index < -0.39 is 0 Å². The van der Waals surface area contributed by atoms with Crippen LogP contribution in [0.25, 0.3) is 27.9 Å². The summed E-state index contributed by atoms with van der Waals surface area (Å²) in [6, 6.07) is 9.84. The van der Waals surface area contributed by atoms with Gasteiger partial charge >= 0.3 is 0 Å². The summed E-state index contributed by atoms with van der Waals surface area (Å²) in [6.07, 6.45) is 4.19. The molecule has 0 saturated carbocycles. The Kier molecular flexibility index (Phi) is 2.52. The number of carbonyl (C=O) groups is 1. The van der Waals surface area contributed by atoms with Crippen LogP contribution in [-0.2, 0) is 0 Å². The molecule has 1 aliphatic heterocycles. The van der Waals surface area contributed by atoms with E-state index in [9.17, 15) is 4.79 Å². The van der Waals surface area contributed by atoms with Crippen molar-refractivity contribution in [2.24, 2.45) is 0 Å². The van der Waals surface area contributed by atoms with Gasteiger partial charge < -0.3 is 9.72 Å². The van der Waals surface area contributed by atoms with E-state index >= 15 is 0 Å². The van der Waals surface area contributed by atoms with Crippen LogP contribution >= 0.6 is 0 Å². The Morgan fingerprint density at radius 2 is 1.91 bits per heavy atom. The zero-order valence-corrected chi connectivity index (χ0v) is 12.9. The van der Waals surface area contributed by atoms with Crippen molar-refractivity contribution < 1.29 is 9.53 Å². The summed E-state index contributed by atoms with van der Waals surface area (Å²) in [5.74, 6) is 0.961. The highest BCUT2D eigenvalue weighted by atomic mass is 16.5. The van der Waals surface area contributed by atoms with E-state index in [0.29, 0.717) is 0 Å². The van der Waals surface area contributed by atoms with E-state index in [4.69, 9.17) is 4.74 Å². The second kappa shape index (κ2) is 4.23. The first-order valence-electron chi connectivity index (χ1n) is 7.42. The van der Waals surface area contributed by atoms with Gasteiger partial charge in [-0.1, -0.05) is 6.08 Å². The summed E-state index contributed by atoms with van der Waals surface area (Å²) in [5.41, 5.74) is 3.60. The van der Waals surface area contributed by atoms with Crippen LogP contribution in [0.3, 0.4) is 0 Å². The van der Waals surface area contributed by atoms with Gasteiger partial charge in [0.2, 0.25) is 0 Å². The molecule has 0 spiro atoms. The van der Waals surface area contributed by atoms with Crippen molar-refractivity contribution in [2.75, 3.05) is 0 Å². The normalized spacial score (nSPS) is 15.8. The largest absolute Gasteiger partial charge is 0.483 e. The molecule has 0 aliphatic carbocycles. The average molecular weight is 291 g/mol. The van der Waals surface area contributed by atoms with Gasteiger partial charge in [0.15, 0.2) is 5.78 Å². The number of rotatable bonds is 1. The third kappa shape index (κ3) is 1.86. The molecule has 0 saturated heterocycles. The zero-order chi connectivity index (χ0) is 15.5. The number of benzene rings is 2. The molecule has 1 N–H and O–H groups in total. The summed E-state index contributed by atoms with van der Waals surface area (Å²) >= 11 is 0. The van der Waals surface area contributed by atoms with E-state index in [-0.39, 0.29) is 11.4 Å². The van der Waals surface area contributed by atoms with Crippen molar-refractivity contribution in [1.29, 1.82) is 0 Å². The molecule has 3 nitrogen and oxygen atoms in total. The van der Waals surface area contributed by atoms with Crippen molar-refractivity contribution in [3.8, 4) is 5.75 Å². The lowest BCUT2D eigenvalue weighted by Gasteiger charge is -2.28. The third-order valence-corrected chi connectivity index (χ3v) is 4.19. The first-order valence-corrected chi connectivity index (χ1v) is 7.42. The van der Waals surface area contributed by atoms with Crippen molar-refractivity contribution >= 4 is 33.7 Å². The lowest BCUT2D eigenvalue weighted by Crippen LogP contribution is -2.27. The number of aromatic amines is 1. The van der Waals surface area contributed by atoms with Crippen LogP contribution < -0.4 is 4.74 Å². The average Bonchev–Trinajstić information content (AvgIpc) is 2.83. The molecule has 3 aromatic rings. The van der Waals surface area contributed by atoms with Crippen LogP contribution in [0.5, 0.6) is 5.75 Å². The smallest absolute Gasteiger partial charge is 0.159 e. The molecule has 0 atom stereocenters. The lowest BCUT2D eigenvalue weighted by atomic mass is 9.97. The number of fused-ring (bicyclic) bond motifs is 5. The van der Waals surface area contributed by atoms with Gasteiger partial charge in [-0.05, 0) is 57.2 Å². The molecule has 110 valence electrons. The molecule has 0 bridgehead atoms. The van der Waals surface area contributed by atoms with Gasteiger partial charge in [-0.3, -0.25) is 4.79 Å². The number of ether oxygens (including phenoxy) is 1. The van der Waals surface area contributed by atoms with Crippen molar-refractivity contribution in [2.45, 2.75) is 26.4 Å². The standard InChI is InChI=1S/C19H17NO2/c1-11(21)12-4-5-15-14(10-12)18-13-8-9-19(2,3)22-17(13)7-6-16(18)20-15/h4-10,20H,1-3H3. The van der Waals surface area contributed by atoms with Crippen LogP contribution in [-0.4, -0.2) is 16.4 Å². The first kappa shape index (κ1) is 13.1. The van der Waals surface area contributed by atoms with Crippen LogP contribution in [0.15, 0.2) is 36.4 Å². The molecular weight excluding hydrogens is 274 g/mol. The maximum atomic E-state index is 11.7. The highest BCUT2D eigenvalue weighted by molar-refractivity contribution is 6.14. The molecule has 0 amide bonds. The topological polar surface area (TPSA) is 42.1 Å².